The van der Waals surface area contributed by atoms with Gasteiger partial charge < -0.3 is 15.3 Å². The Kier molecular flexibility index (Phi) is 6.39. The molecule has 1 aromatic rings. The topological polar surface area (TPSA) is 52.6 Å². The monoisotopic (exact) mass is 342 g/mol. The van der Waals surface area contributed by atoms with Gasteiger partial charge in [-0.3, -0.25) is 4.79 Å². The van der Waals surface area contributed by atoms with Crippen LogP contribution in [0.4, 0.5) is 4.39 Å². The van der Waals surface area contributed by atoms with Crippen molar-refractivity contribution in [2.75, 3.05) is 19.6 Å². The van der Waals surface area contributed by atoms with Gasteiger partial charge in [-0.25, -0.2) is 4.39 Å². The molecular weight excluding hydrogens is 319 g/mol. The molecule has 0 radical (unpaired) electrons. The molecule has 2 aliphatic heterocycles. The molecule has 2 N–H and O–H groups in total. The Bertz CT molecular complexity index is 512. The molecule has 128 valence electrons. The zero-order chi connectivity index (χ0) is 15.5. The number of amides is 1. The maximum atomic E-state index is 12.9. The third-order valence-electron chi connectivity index (χ3n) is 4.87. The number of rotatable bonds is 3. The Balaban J connectivity index is 0.00000192. The van der Waals surface area contributed by atoms with Crippen molar-refractivity contribution in [2.24, 2.45) is 5.92 Å². The maximum Gasteiger partial charge on any atom is 0.239 e. The van der Waals surface area contributed by atoms with E-state index in [1.807, 2.05) is 4.90 Å². The van der Waals surface area contributed by atoms with Crippen molar-refractivity contribution < 1.29 is 14.3 Å². The Hall–Kier alpha value is -1.17. The van der Waals surface area contributed by atoms with Gasteiger partial charge in [0, 0.05) is 13.1 Å². The Morgan fingerprint density at radius 3 is 2.43 bits per heavy atom. The summed E-state index contributed by atoms with van der Waals surface area (Å²) in [5, 5.41) is 13.7. The van der Waals surface area contributed by atoms with E-state index in [1.54, 1.807) is 12.1 Å². The van der Waals surface area contributed by atoms with Crippen molar-refractivity contribution >= 4 is 18.3 Å². The minimum Gasteiger partial charge on any atom is -0.388 e. The van der Waals surface area contributed by atoms with E-state index in [4.69, 9.17) is 0 Å². The standard InChI is InChI=1S/C17H23FN2O2.ClH/c18-14-5-3-12(4-6-14)16(21)13-7-10-20(11-8-13)17(22)15-2-1-9-19-15;/h3-6,13,15-16,19,21H,1-2,7-11H2;1H. The van der Waals surface area contributed by atoms with E-state index in [9.17, 15) is 14.3 Å². The highest BCUT2D eigenvalue weighted by molar-refractivity contribution is 5.85. The number of aliphatic hydroxyl groups excluding tert-OH is 1. The van der Waals surface area contributed by atoms with Crippen molar-refractivity contribution in [1.29, 1.82) is 0 Å². The fourth-order valence-electron chi connectivity index (χ4n) is 3.48. The predicted molar refractivity (Wildman–Crippen MR) is 88.9 cm³/mol. The number of nitrogens with one attached hydrogen (secondary N) is 1. The average Bonchev–Trinajstić information content (AvgIpc) is 3.09. The average molecular weight is 343 g/mol. The van der Waals surface area contributed by atoms with Gasteiger partial charge in [-0.05, 0) is 55.8 Å². The van der Waals surface area contributed by atoms with E-state index < -0.39 is 6.10 Å². The largest absolute Gasteiger partial charge is 0.388 e. The van der Waals surface area contributed by atoms with Gasteiger partial charge >= 0.3 is 0 Å². The molecule has 0 aromatic heterocycles. The molecule has 2 saturated heterocycles. The Morgan fingerprint density at radius 1 is 1.22 bits per heavy atom. The van der Waals surface area contributed by atoms with E-state index in [2.05, 4.69) is 5.32 Å². The van der Waals surface area contributed by atoms with Gasteiger partial charge in [0.15, 0.2) is 0 Å². The highest BCUT2D eigenvalue weighted by atomic mass is 35.5. The summed E-state index contributed by atoms with van der Waals surface area (Å²) in [6, 6.07) is 6.02. The summed E-state index contributed by atoms with van der Waals surface area (Å²) in [6.45, 7) is 2.32. The fourth-order valence-corrected chi connectivity index (χ4v) is 3.48. The number of carbonyl (C=O) groups excluding carboxylic acids is 1. The lowest BCUT2D eigenvalue weighted by Crippen LogP contribution is -2.47. The molecular formula is C17H24ClFN2O2. The summed E-state index contributed by atoms with van der Waals surface area (Å²) in [5.74, 6) is 0.0405. The molecule has 0 aliphatic carbocycles. The van der Waals surface area contributed by atoms with Gasteiger partial charge in [0.25, 0.3) is 0 Å². The number of benzene rings is 1. The number of aliphatic hydroxyl groups is 1. The third-order valence-corrected chi connectivity index (χ3v) is 4.87. The van der Waals surface area contributed by atoms with Crippen LogP contribution in [0.1, 0.15) is 37.4 Å². The van der Waals surface area contributed by atoms with Crippen LogP contribution >= 0.6 is 12.4 Å². The number of likely N-dealkylation sites (tertiary alicyclic amines) is 1. The van der Waals surface area contributed by atoms with E-state index in [-0.39, 0.29) is 36.1 Å². The normalized spacial score (nSPS) is 23.4. The first kappa shape index (κ1) is 18.2. The van der Waals surface area contributed by atoms with Gasteiger partial charge in [0.2, 0.25) is 5.91 Å². The first-order valence-electron chi connectivity index (χ1n) is 8.11. The van der Waals surface area contributed by atoms with Crippen LogP contribution in [0, 0.1) is 11.7 Å². The predicted octanol–water partition coefficient (Wildman–Crippen LogP) is 2.27. The third kappa shape index (κ3) is 4.22. The first-order chi connectivity index (χ1) is 10.6. The summed E-state index contributed by atoms with van der Waals surface area (Å²) in [7, 11) is 0. The zero-order valence-electron chi connectivity index (χ0n) is 13.1. The van der Waals surface area contributed by atoms with E-state index in [0.717, 1.165) is 37.8 Å². The van der Waals surface area contributed by atoms with Gasteiger partial charge in [-0.1, -0.05) is 12.1 Å². The molecule has 0 spiro atoms. The van der Waals surface area contributed by atoms with Crippen LogP contribution in [0.5, 0.6) is 0 Å². The lowest BCUT2D eigenvalue weighted by molar-refractivity contribution is -0.135. The zero-order valence-corrected chi connectivity index (χ0v) is 13.9. The number of nitrogens with zero attached hydrogens (tertiary/aromatic N) is 1. The number of halogens is 2. The Labute approximate surface area is 142 Å². The van der Waals surface area contributed by atoms with E-state index >= 15 is 0 Å². The van der Waals surface area contributed by atoms with Crippen molar-refractivity contribution in [3.05, 3.63) is 35.6 Å². The second-order valence-corrected chi connectivity index (χ2v) is 6.31. The SMILES string of the molecule is Cl.O=C(C1CCCN1)N1CCC(C(O)c2ccc(F)cc2)CC1. The molecule has 4 nitrogen and oxygen atoms in total. The van der Waals surface area contributed by atoms with Gasteiger partial charge in [-0.2, -0.15) is 0 Å². The molecule has 2 heterocycles. The summed E-state index contributed by atoms with van der Waals surface area (Å²) in [6.07, 6.45) is 2.99. The van der Waals surface area contributed by atoms with Crippen LogP contribution in [-0.2, 0) is 4.79 Å². The van der Waals surface area contributed by atoms with Crippen LogP contribution in [0.25, 0.3) is 0 Å². The molecule has 0 bridgehead atoms. The lowest BCUT2D eigenvalue weighted by Gasteiger charge is -2.35. The van der Waals surface area contributed by atoms with Crippen molar-refractivity contribution in [3.63, 3.8) is 0 Å². The summed E-state index contributed by atoms with van der Waals surface area (Å²) in [5.41, 5.74) is 0.753. The molecule has 1 aromatic carbocycles. The minimum absolute atomic E-state index is 0. The second-order valence-electron chi connectivity index (χ2n) is 6.31. The van der Waals surface area contributed by atoms with Gasteiger partial charge in [-0.15, -0.1) is 12.4 Å². The van der Waals surface area contributed by atoms with Crippen molar-refractivity contribution in [3.8, 4) is 0 Å². The van der Waals surface area contributed by atoms with Crippen molar-refractivity contribution in [1.82, 2.24) is 10.2 Å². The van der Waals surface area contributed by atoms with E-state index in [1.165, 1.54) is 12.1 Å². The molecule has 2 aliphatic rings. The summed E-state index contributed by atoms with van der Waals surface area (Å²) in [4.78, 5) is 14.3. The molecule has 2 atom stereocenters. The highest BCUT2D eigenvalue weighted by Crippen LogP contribution is 2.31. The number of hydrogen-bond acceptors (Lipinski definition) is 3. The molecule has 2 fully saturated rings. The van der Waals surface area contributed by atoms with E-state index in [0.29, 0.717) is 13.1 Å². The van der Waals surface area contributed by atoms with Crippen molar-refractivity contribution in [2.45, 2.75) is 37.8 Å². The first-order valence-corrected chi connectivity index (χ1v) is 8.11. The number of piperidine rings is 1. The molecule has 0 saturated carbocycles. The molecule has 23 heavy (non-hydrogen) atoms. The van der Waals surface area contributed by atoms with Gasteiger partial charge in [0.1, 0.15) is 5.82 Å². The smallest absolute Gasteiger partial charge is 0.239 e. The van der Waals surface area contributed by atoms with Gasteiger partial charge in [0.05, 0.1) is 12.1 Å². The highest BCUT2D eigenvalue weighted by Gasteiger charge is 2.32. The van der Waals surface area contributed by atoms with Crippen LogP contribution in [0.2, 0.25) is 0 Å². The number of hydrogen-bond donors (Lipinski definition) is 2. The molecule has 6 heteroatoms. The van der Waals surface area contributed by atoms with Crippen LogP contribution < -0.4 is 5.32 Å². The quantitative estimate of drug-likeness (QED) is 0.886. The number of carbonyl (C=O) groups is 1. The van der Waals surface area contributed by atoms with Crippen LogP contribution in [0.15, 0.2) is 24.3 Å². The summed E-state index contributed by atoms with van der Waals surface area (Å²) >= 11 is 0. The second kappa shape index (κ2) is 8.08. The maximum absolute atomic E-state index is 12.9. The fraction of sp³-hybridized carbons (Fsp3) is 0.588. The summed E-state index contributed by atoms with van der Waals surface area (Å²) < 4.78 is 12.9. The minimum atomic E-state index is -0.581. The van der Waals surface area contributed by atoms with Crippen LogP contribution in [-0.4, -0.2) is 41.6 Å². The molecule has 2 unspecified atom stereocenters. The molecule has 1 amide bonds. The molecule has 3 rings (SSSR count). The Morgan fingerprint density at radius 2 is 1.87 bits per heavy atom. The lowest BCUT2D eigenvalue weighted by atomic mass is 9.87. The van der Waals surface area contributed by atoms with Crippen LogP contribution in [0.3, 0.4) is 0 Å².